The highest BCUT2D eigenvalue weighted by molar-refractivity contribution is 5.94. The maximum Gasteiger partial charge on any atom is 0.267 e. The molecule has 28 heavy (non-hydrogen) atoms. The molecule has 2 amide bonds. The van der Waals surface area contributed by atoms with Crippen molar-refractivity contribution in [1.82, 2.24) is 14.8 Å². The van der Waals surface area contributed by atoms with E-state index in [2.05, 4.69) is 20.7 Å². The molecule has 4 rings (SSSR count). The molecule has 8 heteroatoms. The van der Waals surface area contributed by atoms with Crippen LogP contribution in [0, 0.1) is 0 Å². The van der Waals surface area contributed by atoms with Crippen molar-refractivity contribution in [2.24, 2.45) is 0 Å². The third-order valence-corrected chi connectivity index (χ3v) is 4.40. The molecule has 0 bridgehead atoms. The first-order valence-corrected chi connectivity index (χ1v) is 8.94. The van der Waals surface area contributed by atoms with E-state index >= 15 is 0 Å². The summed E-state index contributed by atoms with van der Waals surface area (Å²) in [6, 6.07) is 18.4. The molecular formula is C20H19N5O3. The second-order valence-corrected chi connectivity index (χ2v) is 6.44. The van der Waals surface area contributed by atoms with Crippen LogP contribution in [0.25, 0.3) is 0 Å². The van der Waals surface area contributed by atoms with Gasteiger partial charge in [-0.25, -0.2) is 4.68 Å². The van der Waals surface area contributed by atoms with Gasteiger partial charge in [-0.15, -0.1) is 5.10 Å². The number of hydrogen-bond acceptors (Lipinski definition) is 5. The first-order valence-electron chi connectivity index (χ1n) is 8.94. The second-order valence-electron chi connectivity index (χ2n) is 6.44. The van der Waals surface area contributed by atoms with Gasteiger partial charge in [-0.2, -0.15) is 4.98 Å². The van der Waals surface area contributed by atoms with Gasteiger partial charge in [0.1, 0.15) is 5.75 Å². The lowest BCUT2D eigenvalue weighted by Crippen LogP contribution is -2.30. The Morgan fingerprint density at radius 2 is 1.86 bits per heavy atom. The minimum Gasteiger partial charge on any atom is -0.481 e. The lowest BCUT2D eigenvalue weighted by molar-refractivity contribution is -0.122. The molecule has 0 unspecified atom stereocenters. The number of nitrogens with one attached hydrogen (secondary N) is 2. The van der Waals surface area contributed by atoms with Gasteiger partial charge in [-0.1, -0.05) is 48.5 Å². The number of carbonyl (C=O) groups is 2. The second kappa shape index (κ2) is 7.51. The number of anilines is 2. The Balaban J connectivity index is 1.51. The standard InChI is InChI=1S/C20H19N5O3/c1-13(28-15-10-6-3-7-11-15)18(27)22-19-23-20-21-17(26)12-16(25(20)24-19)14-8-4-2-5-9-14/h2-11,13,16H,12H2,1H3,(H2,21,22,23,24,26,27)/t13-,16+/m1/s1. The van der Waals surface area contributed by atoms with E-state index in [1.165, 1.54) is 0 Å². The summed E-state index contributed by atoms with van der Waals surface area (Å²) in [6.45, 7) is 1.65. The average molecular weight is 377 g/mol. The van der Waals surface area contributed by atoms with Crippen LogP contribution in [-0.4, -0.2) is 32.7 Å². The summed E-state index contributed by atoms with van der Waals surface area (Å²) in [5, 5.41) is 9.71. The third-order valence-electron chi connectivity index (χ3n) is 4.40. The molecule has 142 valence electrons. The number of benzene rings is 2. The molecule has 0 spiro atoms. The number of aromatic nitrogens is 3. The Bertz CT molecular complexity index is 988. The third kappa shape index (κ3) is 3.71. The van der Waals surface area contributed by atoms with Crippen LogP contribution >= 0.6 is 0 Å². The molecule has 2 aromatic carbocycles. The van der Waals surface area contributed by atoms with Crippen molar-refractivity contribution in [2.45, 2.75) is 25.5 Å². The normalized spacial score (nSPS) is 16.6. The van der Waals surface area contributed by atoms with E-state index in [1.54, 1.807) is 23.7 Å². The van der Waals surface area contributed by atoms with E-state index in [0.29, 0.717) is 11.7 Å². The van der Waals surface area contributed by atoms with E-state index in [4.69, 9.17) is 4.74 Å². The average Bonchev–Trinajstić information content (AvgIpc) is 3.10. The molecule has 2 atom stereocenters. The van der Waals surface area contributed by atoms with Crippen molar-refractivity contribution in [3.05, 3.63) is 66.2 Å². The molecule has 8 nitrogen and oxygen atoms in total. The zero-order chi connectivity index (χ0) is 19.5. The van der Waals surface area contributed by atoms with Gasteiger partial charge in [-0.3, -0.25) is 20.2 Å². The number of carbonyl (C=O) groups excluding carboxylic acids is 2. The first-order chi connectivity index (χ1) is 13.6. The van der Waals surface area contributed by atoms with Crippen LogP contribution in [0.2, 0.25) is 0 Å². The van der Waals surface area contributed by atoms with Crippen molar-refractivity contribution >= 4 is 23.7 Å². The van der Waals surface area contributed by atoms with Crippen LogP contribution in [0.15, 0.2) is 60.7 Å². The van der Waals surface area contributed by atoms with Crippen molar-refractivity contribution in [2.75, 3.05) is 10.6 Å². The highest BCUT2D eigenvalue weighted by atomic mass is 16.5. The number of ether oxygens (including phenoxy) is 1. The van der Waals surface area contributed by atoms with Gasteiger partial charge < -0.3 is 4.74 Å². The number of rotatable bonds is 5. The molecule has 2 heterocycles. The highest BCUT2D eigenvalue weighted by Gasteiger charge is 2.29. The number of fused-ring (bicyclic) bond motifs is 1. The summed E-state index contributed by atoms with van der Waals surface area (Å²) < 4.78 is 7.23. The molecule has 1 aliphatic rings. The van der Waals surface area contributed by atoms with Gasteiger partial charge in [-0.05, 0) is 24.6 Å². The van der Waals surface area contributed by atoms with Crippen LogP contribution in [-0.2, 0) is 9.59 Å². The molecule has 2 N–H and O–H groups in total. The summed E-state index contributed by atoms with van der Waals surface area (Å²) in [5.41, 5.74) is 0.946. The fourth-order valence-electron chi connectivity index (χ4n) is 3.02. The number of nitrogens with zero attached hydrogens (tertiary/aromatic N) is 3. The predicted octanol–water partition coefficient (Wildman–Crippen LogP) is 2.62. The zero-order valence-electron chi connectivity index (χ0n) is 15.2. The fourth-order valence-corrected chi connectivity index (χ4v) is 3.02. The summed E-state index contributed by atoms with van der Waals surface area (Å²) in [4.78, 5) is 28.7. The van der Waals surface area contributed by atoms with Gasteiger partial charge in [0, 0.05) is 0 Å². The predicted molar refractivity (Wildman–Crippen MR) is 103 cm³/mol. The van der Waals surface area contributed by atoms with E-state index in [9.17, 15) is 9.59 Å². The summed E-state index contributed by atoms with van der Waals surface area (Å²) >= 11 is 0. The van der Waals surface area contributed by atoms with Gasteiger partial charge in [0.2, 0.25) is 11.9 Å². The Morgan fingerprint density at radius 3 is 2.57 bits per heavy atom. The molecule has 0 aliphatic carbocycles. The van der Waals surface area contributed by atoms with Crippen molar-refractivity contribution in [1.29, 1.82) is 0 Å². The lowest BCUT2D eigenvalue weighted by Gasteiger charge is -2.23. The van der Waals surface area contributed by atoms with Crippen LogP contribution < -0.4 is 15.4 Å². The van der Waals surface area contributed by atoms with E-state index < -0.39 is 6.10 Å². The van der Waals surface area contributed by atoms with Crippen LogP contribution in [0.1, 0.15) is 24.9 Å². The molecular weight excluding hydrogens is 358 g/mol. The van der Waals surface area contributed by atoms with Gasteiger partial charge in [0.05, 0.1) is 12.5 Å². The molecule has 0 fully saturated rings. The first kappa shape index (κ1) is 17.7. The Morgan fingerprint density at radius 1 is 1.18 bits per heavy atom. The number of para-hydroxylation sites is 1. The van der Waals surface area contributed by atoms with E-state index in [-0.39, 0.29) is 30.2 Å². The minimum atomic E-state index is -0.734. The molecule has 1 aromatic heterocycles. The topological polar surface area (TPSA) is 98.1 Å². The smallest absolute Gasteiger partial charge is 0.267 e. The Kier molecular flexibility index (Phi) is 4.76. The molecule has 0 saturated carbocycles. The largest absolute Gasteiger partial charge is 0.481 e. The Hall–Kier alpha value is -3.68. The number of amides is 2. The fraction of sp³-hybridized carbons (Fsp3) is 0.200. The molecule has 1 aliphatic heterocycles. The van der Waals surface area contributed by atoms with Crippen molar-refractivity contribution < 1.29 is 14.3 Å². The summed E-state index contributed by atoms with van der Waals surface area (Å²) in [7, 11) is 0. The van der Waals surface area contributed by atoms with Crippen LogP contribution in [0.3, 0.4) is 0 Å². The van der Waals surface area contributed by atoms with Gasteiger partial charge in [0.25, 0.3) is 11.9 Å². The zero-order valence-corrected chi connectivity index (χ0v) is 15.2. The van der Waals surface area contributed by atoms with E-state index in [0.717, 1.165) is 5.56 Å². The van der Waals surface area contributed by atoms with Gasteiger partial charge in [0.15, 0.2) is 6.10 Å². The monoisotopic (exact) mass is 377 g/mol. The Labute approximate surface area is 161 Å². The van der Waals surface area contributed by atoms with Gasteiger partial charge >= 0.3 is 0 Å². The SMILES string of the molecule is C[C@@H](Oc1ccccc1)C(=O)Nc1nc2n(n1)[C@H](c1ccccc1)CC(=O)N2. The minimum absolute atomic E-state index is 0.117. The van der Waals surface area contributed by atoms with Crippen LogP contribution in [0.5, 0.6) is 5.75 Å². The quantitative estimate of drug-likeness (QED) is 0.712. The molecule has 3 aromatic rings. The molecule has 0 saturated heterocycles. The maximum atomic E-state index is 12.4. The van der Waals surface area contributed by atoms with Crippen molar-refractivity contribution in [3.63, 3.8) is 0 Å². The maximum absolute atomic E-state index is 12.4. The number of hydrogen-bond donors (Lipinski definition) is 2. The highest BCUT2D eigenvalue weighted by Crippen LogP contribution is 2.29. The van der Waals surface area contributed by atoms with Crippen molar-refractivity contribution in [3.8, 4) is 5.75 Å². The van der Waals surface area contributed by atoms with E-state index in [1.807, 2.05) is 48.5 Å². The molecule has 0 radical (unpaired) electrons. The van der Waals surface area contributed by atoms with Crippen LogP contribution in [0.4, 0.5) is 11.9 Å². The lowest BCUT2D eigenvalue weighted by atomic mass is 10.0. The summed E-state index contributed by atoms with van der Waals surface area (Å²) in [5.74, 6) is 0.490. The summed E-state index contributed by atoms with van der Waals surface area (Å²) in [6.07, 6.45) is -0.483.